The Bertz CT molecular complexity index is 1010. The highest BCUT2D eigenvalue weighted by Gasteiger charge is 2.20. The van der Waals surface area contributed by atoms with E-state index in [0.29, 0.717) is 11.3 Å². The van der Waals surface area contributed by atoms with Gasteiger partial charge in [0.05, 0.1) is 0 Å². The second-order valence-electron chi connectivity index (χ2n) is 5.75. The van der Waals surface area contributed by atoms with Gasteiger partial charge in [0, 0.05) is 17.8 Å². The van der Waals surface area contributed by atoms with Crippen LogP contribution in [0.2, 0.25) is 0 Å². The summed E-state index contributed by atoms with van der Waals surface area (Å²) in [5.41, 5.74) is 1.48. The molecular formula is C19H18N2O6. The van der Waals surface area contributed by atoms with Gasteiger partial charge < -0.3 is 19.2 Å². The number of ether oxygens (including phenoxy) is 2. The van der Waals surface area contributed by atoms with E-state index < -0.39 is 24.0 Å². The number of carbonyl (C=O) groups is 3. The van der Waals surface area contributed by atoms with Gasteiger partial charge in [-0.3, -0.25) is 10.1 Å². The zero-order valence-corrected chi connectivity index (χ0v) is 14.8. The minimum Gasteiger partial charge on any atom is -0.482 e. The Hall–Kier alpha value is -3.55. The smallest absolute Gasteiger partial charge is 0.344 e. The number of hydrogen-bond donors (Lipinski definition) is 2. The number of para-hydroxylation sites is 1. The van der Waals surface area contributed by atoms with Crippen molar-refractivity contribution in [2.75, 3.05) is 13.7 Å². The predicted octanol–water partition coefficient (Wildman–Crippen LogP) is 2.35. The summed E-state index contributed by atoms with van der Waals surface area (Å²) < 4.78 is 16.1. The van der Waals surface area contributed by atoms with Crippen molar-refractivity contribution in [1.29, 1.82) is 0 Å². The summed E-state index contributed by atoms with van der Waals surface area (Å²) in [6, 6.07) is 12.1. The van der Waals surface area contributed by atoms with E-state index in [1.807, 2.05) is 29.6 Å². The molecule has 0 spiro atoms. The lowest BCUT2D eigenvalue weighted by molar-refractivity contribution is -0.156. The normalized spacial score (nSPS) is 11.8. The number of carbonyl (C=O) groups excluding carboxylic acids is 3. The number of nitrogens with one attached hydrogen (secondary N) is 2. The molecule has 3 aromatic rings. The quantitative estimate of drug-likeness (QED) is 0.668. The first-order valence-electron chi connectivity index (χ1n) is 8.24. The van der Waals surface area contributed by atoms with Gasteiger partial charge in [0.1, 0.15) is 16.9 Å². The Morgan fingerprint density at radius 2 is 1.81 bits per heavy atom. The van der Waals surface area contributed by atoms with Crippen molar-refractivity contribution in [2.45, 2.75) is 13.0 Å². The molecule has 1 aromatic heterocycles. The van der Waals surface area contributed by atoms with E-state index in [4.69, 9.17) is 13.9 Å². The van der Waals surface area contributed by atoms with E-state index >= 15 is 0 Å². The molecule has 0 bridgehead atoms. The fraction of sp³-hybridized carbons (Fsp3) is 0.211. The maximum atomic E-state index is 11.9. The van der Waals surface area contributed by atoms with Crippen LogP contribution in [0, 0.1) is 0 Å². The molecule has 2 aromatic carbocycles. The molecule has 0 saturated heterocycles. The first-order valence-corrected chi connectivity index (χ1v) is 8.24. The van der Waals surface area contributed by atoms with E-state index in [1.54, 1.807) is 18.2 Å². The third-order valence-electron chi connectivity index (χ3n) is 3.85. The number of benzene rings is 2. The van der Waals surface area contributed by atoms with Crippen LogP contribution in [0.4, 0.5) is 4.79 Å². The number of amides is 3. The minimum absolute atomic E-state index is 0.376. The molecule has 1 atom stereocenters. The largest absolute Gasteiger partial charge is 0.482 e. The SMILES string of the molecule is CNC(=O)NC(=O)C(C)OC(=O)COc1ccc2oc3ccccc3c2c1. The minimum atomic E-state index is -1.13. The van der Waals surface area contributed by atoms with Gasteiger partial charge in [-0.15, -0.1) is 0 Å². The Labute approximate surface area is 154 Å². The Balaban J connectivity index is 1.61. The summed E-state index contributed by atoms with van der Waals surface area (Å²) in [6.07, 6.45) is -1.13. The van der Waals surface area contributed by atoms with Crippen molar-refractivity contribution >= 4 is 39.8 Å². The average Bonchev–Trinajstić information content (AvgIpc) is 3.04. The number of esters is 1. The van der Waals surface area contributed by atoms with Gasteiger partial charge >= 0.3 is 12.0 Å². The molecule has 8 nitrogen and oxygen atoms in total. The third kappa shape index (κ3) is 4.17. The van der Waals surface area contributed by atoms with Gasteiger partial charge in [-0.2, -0.15) is 0 Å². The van der Waals surface area contributed by atoms with Gasteiger partial charge in [0.15, 0.2) is 12.7 Å². The molecule has 3 rings (SSSR count). The van der Waals surface area contributed by atoms with Gasteiger partial charge in [0.2, 0.25) is 0 Å². The Morgan fingerprint density at radius 3 is 2.59 bits per heavy atom. The van der Waals surface area contributed by atoms with Crippen LogP contribution in [-0.4, -0.2) is 37.7 Å². The second kappa shape index (κ2) is 7.77. The monoisotopic (exact) mass is 370 g/mol. The number of hydrogen-bond acceptors (Lipinski definition) is 6. The van der Waals surface area contributed by atoms with Crippen molar-refractivity contribution in [3.05, 3.63) is 42.5 Å². The van der Waals surface area contributed by atoms with Crippen molar-refractivity contribution in [1.82, 2.24) is 10.6 Å². The topological polar surface area (TPSA) is 107 Å². The number of rotatable bonds is 5. The van der Waals surface area contributed by atoms with Crippen LogP contribution >= 0.6 is 0 Å². The van der Waals surface area contributed by atoms with Crippen LogP contribution in [0.5, 0.6) is 5.75 Å². The number of urea groups is 1. The molecule has 27 heavy (non-hydrogen) atoms. The molecule has 0 aliphatic heterocycles. The zero-order valence-electron chi connectivity index (χ0n) is 14.8. The van der Waals surface area contributed by atoms with Crippen LogP contribution in [0.1, 0.15) is 6.92 Å². The van der Waals surface area contributed by atoms with E-state index in [1.165, 1.54) is 14.0 Å². The highest BCUT2D eigenvalue weighted by Crippen LogP contribution is 2.31. The molecular weight excluding hydrogens is 352 g/mol. The van der Waals surface area contributed by atoms with E-state index in [-0.39, 0.29) is 6.61 Å². The molecule has 3 amide bonds. The highest BCUT2D eigenvalue weighted by atomic mass is 16.6. The number of imide groups is 1. The first kappa shape index (κ1) is 18.2. The molecule has 0 saturated carbocycles. The summed E-state index contributed by atoms with van der Waals surface area (Å²) in [6.45, 7) is 0.985. The molecule has 140 valence electrons. The van der Waals surface area contributed by atoms with E-state index in [9.17, 15) is 14.4 Å². The van der Waals surface area contributed by atoms with Gasteiger partial charge in [0.25, 0.3) is 5.91 Å². The molecule has 0 aliphatic carbocycles. The molecule has 0 fully saturated rings. The first-order chi connectivity index (χ1) is 13.0. The van der Waals surface area contributed by atoms with Gasteiger partial charge in [-0.25, -0.2) is 9.59 Å². The second-order valence-corrected chi connectivity index (χ2v) is 5.75. The van der Waals surface area contributed by atoms with E-state index in [2.05, 4.69) is 5.32 Å². The highest BCUT2D eigenvalue weighted by molar-refractivity contribution is 6.05. The summed E-state index contributed by atoms with van der Waals surface area (Å²) in [5.74, 6) is -0.992. The van der Waals surface area contributed by atoms with E-state index in [0.717, 1.165) is 16.4 Å². The van der Waals surface area contributed by atoms with Crippen LogP contribution in [0.25, 0.3) is 21.9 Å². The van der Waals surface area contributed by atoms with Crippen LogP contribution in [0.15, 0.2) is 46.9 Å². The summed E-state index contributed by atoms with van der Waals surface area (Å²) in [7, 11) is 1.37. The summed E-state index contributed by atoms with van der Waals surface area (Å²) in [4.78, 5) is 34.6. The maximum absolute atomic E-state index is 11.9. The van der Waals surface area contributed by atoms with Crippen molar-refractivity contribution in [2.24, 2.45) is 0 Å². The molecule has 0 radical (unpaired) electrons. The number of furan rings is 1. The lowest BCUT2D eigenvalue weighted by Crippen LogP contribution is -2.43. The molecule has 0 aliphatic rings. The van der Waals surface area contributed by atoms with Crippen LogP contribution in [0.3, 0.4) is 0 Å². The van der Waals surface area contributed by atoms with Gasteiger partial charge in [-0.1, -0.05) is 18.2 Å². The van der Waals surface area contributed by atoms with Gasteiger partial charge in [-0.05, 0) is 31.2 Å². The lowest BCUT2D eigenvalue weighted by atomic mass is 10.1. The van der Waals surface area contributed by atoms with Crippen molar-refractivity contribution < 1.29 is 28.3 Å². The summed E-state index contributed by atoms with van der Waals surface area (Å²) in [5, 5.41) is 6.07. The third-order valence-corrected chi connectivity index (χ3v) is 3.85. The zero-order chi connectivity index (χ0) is 19.4. The predicted molar refractivity (Wildman–Crippen MR) is 97.4 cm³/mol. The molecule has 1 heterocycles. The fourth-order valence-corrected chi connectivity index (χ4v) is 2.50. The lowest BCUT2D eigenvalue weighted by Gasteiger charge is -2.13. The van der Waals surface area contributed by atoms with Crippen LogP contribution < -0.4 is 15.4 Å². The van der Waals surface area contributed by atoms with Crippen molar-refractivity contribution in [3.8, 4) is 5.75 Å². The molecule has 2 N–H and O–H groups in total. The summed E-state index contributed by atoms with van der Waals surface area (Å²) >= 11 is 0. The standard InChI is InChI=1S/C19H18N2O6/c1-11(18(23)21-19(24)20-2)26-17(22)10-25-12-7-8-16-14(9-12)13-5-3-4-6-15(13)27-16/h3-9,11H,10H2,1-2H3,(H2,20,21,23,24). The fourth-order valence-electron chi connectivity index (χ4n) is 2.50. The number of fused-ring (bicyclic) bond motifs is 3. The average molecular weight is 370 g/mol. The molecule has 1 unspecified atom stereocenters. The van der Waals surface area contributed by atoms with Crippen molar-refractivity contribution in [3.63, 3.8) is 0 Å². The molecule has 8 heteroatoms. The Morgan fingerprint density at radius 1 is 1.07 bits per heavy atom. The Kier molecular flexibility index (Phi) is 5.25. The maximum Gasteiger partial charge on any atom is 0.344 e. The van der Waals surface area contributed by atoms with Crippen LogP contribution in [-0.2, 0) is 14.3 Å².